The Labute approximate surface area is 543 Å². The lowest BCUT2D eigenvalue weighted by Gasteiger charge is -2.33. The standard InChI is InChI=1S/2C24H24FN5O2.C23H20FN5O2/c2*1-24(31)12-10-17(11-13-24)30-23-20(22(26)27-14-28-23)21(29-30)15-2-6-18(7-3-15)32-19-8-4-16(25)5-9-19;24-15-3-11-19(12-4-15)31-18-9-1-14(2-10-18)21-20-22(25)26-13-27-23(20)29(28-21)16-5-7-17(30)8-6-16/h2*2-9,14,17,31H,10-13H2,1H3,(H2,26,27,28);1-4,9-13,16H,5-8H2,(H2,25,26,27). The molecule has 6 aromatic carbocycles. The predicted molar refractivity (Wildman–Crippen MR) is 354 cm³/mol. The maximum atomic E-state index is 13.1. The number of Topliss-reactive ketones (excluding diaryl/α,β-unsaturated/α-hetero) is 1. The number of hydrogen-bond acceptors (Lipinski definition) is 18. The first-order chi connectivity index (χ1) is 45.9. The van der Waals surface area contributed by atoms with Gasteiger partial charge in [0.1, 0.15) is 111 Å². The summed E-state index contributed by atoms with van der Waals surface area (Å²) >= 11 is 0. The summed E-state index contributed by atoms with van der Waals surface area (Å²) in [4.78, 5) is 37.5. The number of ketones is 1. The molecule has 15 rings (SSSR count). The molecule has 24 heteroatoms. The summed E-state index contributed by atoms with van der Waals surface area (Å²) in [6, 6.07) is 40.4. The Morgan fingerprint density at radius 3 is 0.895 bits per heavy atom. The molecule has 95 heavy (non-hydrogen) atoms. The van der Waals surface area contributed by atoms with E-state index >= 15 is 0 Å². The van der Waals surface area contributed by atoms with Crippen LogP contribution >= 0.6 is 0 Å². The molecule has 3 aliphatic rings. The van der Waals surface area contributed by atoms with Crippen LogP contribution in [0.3, 0.4) is 0 Å². The molecule has 484 valence electrons. The van der Waals surface area contributed by atoms with Gasteiger partial charge in [-0.25, -0.2) is 57.1 Å². The number of aromatic nitrogens is 12. The van der Waals surface area contributed by atoms with Crippen molar-refractivity contribution in [2.45, 2.75) is 120 Å². The highest BCUT2D eigenvalue weighted by atomic mass is 19.1. The number of hydrogen-bond donors (Lipinski definition) is 5. The van der Waals surface area contributed by atoms with E-state index in [-0.39, 0.29) is 35.6 Å². The third-order valence-electron chi connectivity index (χ3n) is 17.7. The number of fused-ring (bicyclic) bond motifs is 3. The molecule has 0 aliphatic heterocycles. The van der Waals surface area contributed by atoms with Gasteiger partial charge >= 0.3 is 0 Å². The number of nitrogen functional groups attached to an aromatic ring is 3. The number of nitrogens with zero attached hydrogens (tertiary/aromatic N) is 12. The number of halogens is 3. The first-order valence-corrected chi connectivity index (χ1v) is 31.4. The second kappa shape index (κ2) is 26.6. The van der Waals surface area contributed by atoms with E-state index in [9.17, 15) is 28.2 Å². The average Bonchev–Trinajstić information content (AvgIpc) is 1.63. The molecule has 6 heterocycles. The molecule has 0 spiro atoms. The van der Waals surface area contributed by atoms with Crippen LogP contribution in [-0.2, 0) is 4.79 Å². The highest BCUT2D eigenvalue weighted by molar-refractivity contribution is 6.00. The number of carbonyl (C=O) groups is 1. The number of aliphatic hydroxyl groups is 2. The van der Waals surface area contributed by atoms with Crippen LogP contribution in [0, 0.1) is 17.5 Å². The van der Waals surface area contributed by atoms with E-state index < -0.39 is 11.2 Å². The molecule has 12 aromatic rings. The minimum absolute atomic E-state index is 0.101. The fourth-order valence-corrected chi connectivity index (χ4v) is 12.4. The van der Waals surface area contributed by atoms with Gasteiger partial charge in [0.2, 0.25) is 0 Å². The monoisotopic (exact) mass is 1280 g/mol. The quantitative estimate of drug-likeness (QED) is 0.0759. The molecule has 6 aromatic heterocycles. The van der Waals surface area contributed by atoms with E-state index in [0.717, 1.165) is 66.0 Å². The van der Waals surface area contributed by atoms with Gasteiger partial charge in [0.05, 0.1) is 45.5 Å². The second-order valence-corrected chi connectivity index (χ2v) is 24.7. The molecular weight excluding hydrogens is 1220 g/mol. The Balaban J connectivity index is 0.000000129. The maximum Gasteiger partial charge on any atom is 0.164 e. The van der Waals surface area contributed by atoms with Crippen molar-refractivity contribution in [2.75, 3.05) is 17.2 Å². The van der Waals surface area contributed by atoms with E-state index in [1.54, 1.807) is 36.4 Å². The Bertz CT molecular complexity index is 4470. The zero-order valence-electron chi connectivity index (χ0n) is 52.1. The van der Waals surface area contributed by atoms with Crippen LogP contribution in [-0.4, -0.2) is 86.4 Å². The topological polar surface area (TPSA) is 294 Å². The van der Waals surface area contributed by atoms with E-state index in [2.05, 4.69) is 29.9 Å². The van der Waals surface area contributed by atoms with Crippen molar-refractivity contribution >= 4 is 56.3 Å². The van der Waals surface area contributed by atoms with Gasteiger partial charge < -0.3 is 41.6 Å². The third kappa shape index (κ3) is 14.1. The van der Waals surface area contributed by atoms with Gasteiger partial charge in [-0.15, -0.1) is 0 Å². The molecule has 3 fully saturated rings. The fraction of sp³-hybridized carbons (Fsp3) is 0.268. The van der Waals surface area contributed by atoms with Gasteiger partial charge in [-0.2, -0.15) is 15.3 Å². The molecule has 21 nitrogen and oxygen atoms in total. The van der Waals surface area contributed by atoms with Crippen LogP contribution in [0.25, 0.3) is 66.9 Å². The second-order valence-electron chi connectivity index (χ2n) is 24.7. The normalized spacial score (nSPS) is 19.0. The summed E-state index contributed by atoms with van der Waals surface area (Å²) in [5.74, 6) is 4.02. The molecule has 0 radical (unpaired) electrons. The Hall–Kier alpha value is -10.9. The first-order valence-electron chi connectivity index (χ1n) is 31.4. The van der Waals surface area contributed by atoms with Crippen molar-refractivity contribution in [2.24, 2.45) is 0 Å². The highest BCUT2D eigenvalue weighted by Gasteiger charge is 2.34. The van der Waals surface area contributed by atoms with Crippen LogP contribution in [0.4, 0.5) is 30.6 Å². The van der Waals surface area contributed by atoms with E-state index in [1.165, 1.54) is 55.4 Å². The lowest BCUT2D eigenvalue weighted by molar-refractivity contribution is -0.120. The van der Waals surface area contributed by atoms with Crippen LogP contribution in [0.15, 0.2) is 165 Å². The highest BCUT2D eigenvalue weighted by Crippen LogP contribution is 2.42. The molecule has 8 N–H and O–H groups in total. The average molecular weight is 1280 g/mol. The van der Waals surface area contributed by atoms with Gasteiger partial charge in [-0.05, 0) is 224 Å². The summed E-state index contributed by atoms with van der Waals surface area (Å²) in [7, 11) is 0. The third-order valence-corrected chi connectivity index (χ3v) is 17.7. The fourth-order valence-electron chi connectivity index (χ4n) is 12.4. The van der Waals surface area contributed by atoms with Gasteiger partial charge in [0, 0.05) is 29.5 Å². The van der Waals surface area contributed by atoms with Crippen molar-refractivity contribution in [3.05, 3.63) is 182 Å². The summed E-state index contributed by atoms with van der Waals surface area (Å²) in [5.41, 5.74) is 24.2. The summed E-state index contributed by atoms with van der Waals surface area (Å²) in [6.45, 7) is 3.76. The summed E-state index contributed by atoms with van der Waals surface area (Å²) in [6.07, 6.45) is 13.1. The number of benzene rings is 6. The largest absolute Gasteiger partial charge is 0.457 e. The Kier molecular flexibility index (Phi) is 17.6. The van der Waals surface area contributed by atoms with Gasteiger partial charge in [0.25, 0.3) is 0 Å². The van der Waals surface area contributed by atoms with Crippen LogP contribution in [0.1, 0.15) is 109 Å². The first kappa shape index (κ1) is 62.9. The van der Waals surface area contributed by atoms with Gasteiger partial charge in [0.15, 0.2) is 16.9 Å². The molecule has 0 atom stereocenters. The summed E-state index contributed by atoms with van der Waals surface area (Å²) < 4.78 is 62.4. The maximum absolute atomic E-state index is 13.1. The number of rotatable bonds is 12. The molecule has 0 unspecified atom stereocenters. The lowest BCUT2D eigenvalue weighted by Crippen LogP contribution is -2.31. The Morgan fingerprint density at radius 1 is 0.389 bits per heavy atom. The number of ether oxygens (including phenoxy) is 3. The van der Waals surface area contributed by atoms with Gasteiger partial charge in [-0.1, -0.05) is 0 Å². The van der Waals surface area contributed by atoms with Crippen LogP contribution in [0.2, 0.25) is 0 Å². The van der Waals surface area contributed by atoms with E-state index in [0.29, 0.717) is 136 Å². The minimum Gasteiger partial charge on any atom is -0.457 e. The molecule has 0 saturated heterocycles. The van der Waals surface area contributed by atoms with Crippen LogP contribution < -0.4 is 31.4 Å². The van der Waals surface area contributed by atoms with E-state index in [4.69, 9.17) is 46.7 Å². The Morgan fingerprint density at radius 2 is 0.632 bits per heavy atom. The van der Waals surface area contributed by atoms with Crippen molar-refractivity contribution in [1.82, 2.24) is 59.2 Å². The molecule has 0 amide bonds. The van der Waals surface area contributed by atoms with Gasteiger partial charge in [-0.3, -0.25) is 4.79 Å². The zero-order valence-corrected chi connectivity index (χ0v) is 52.1. The number of anilines is 3. The molecule has 3 saturated carbocycles. The molecular formula is C71H68F3N15O6. The number of nitrogens with two attached hydrogens (primary N) is 3. The van der Waals surface area contributed by atoms with Crippen molar-refractivity contribution in [3.8, 4) is 68.3 Å². The SMILES string of the molecule is CC1(O)CCC(n2nc(-c3ccc(Oc4ccc(F)cc4)cc3)c3c(N)ncnc32)CC1.CC1(O)CCC(n2nc(-c3ccc(Oc4ccc(F)cc4)cc3)c3c(N)ncnc32)CC1.Nc1ncnc2c1c(-c1ccc(Oc3ccc(F)cc3)cc1)nn2C1CCC(=O)CC1. The van der Waals surface area contributed by atoms with Crippen molar-refractivity contribution < 1.29 is 42.4 Å². The predicted octanol–water partition coefficient (Wildman–Crippen LogP) is 14.4. The molecule has 3 aliphatic carbocycles. The lowest BCUT2D eigenvalue weighted by atomic mass is 9.84. The van der Waals surface area contributed by atoms with E-state index in [1.807, 2.05) is 101 Å². The van der Waals surface area contributed by atoms with Crippen molar-refractivity contribution in [3.63, 3.8) is 0 Å². The minimum atomic E-state index is -0.628. The van der Waals surface area contributed by atoms with Crippen LogP contribution in [0.5, 0.6) is 34.5 Å². The number of carbonyl (C=O) groups excluding carboxylic acids is 1. The zero-order chi connectivity index (χ0) is 66.0. The smallest absolute Gasteiger partial charge is 0.164 e. The summed E-state index contributed by atoms with van der Waals surface area (Å²) in [5, 5.41) is 37.4. The van der Waals surface area contributed by atoms with Crippen molar-refractivity contribution in [1.29, 1.82) is 0 Å². The molecule has 0 bridgehead atoms.